The van der Waals surface area contributed by atoms with Gasteiger partial charge in [-0.15, -0.1) is 0 Å². The van der Waals surface area contributed by atoms with Crippen LogP contribution in [-0.2, 0) is 0 Å². The molecule has 0 atom stereocenters. The van der Waals surface area contributed by atoms with Crippen LogP contribution in [0.2, 0.25) is 0 Å². The fourth-order valence-electron chi connectivity index (χ4n) is 1.07. The van der Waals surface area contributed by atoms with Gasteiger partial charge in [0.05, 0.1) is 5.56 Å². The Labute approximate surface area is 77.7 Å². The molecule has 0 N–H and O–H groups in total. The van der Waals surface area contributed by atoms with Gasteiger partial charge in [0.25, 0.3) is 0 Å². The quantitative estimate of drug-likeness (QED) is 0.678. The second-order valence-corrected chi connectivity index (χ2v) is 3.38. The van der Waals surface area contributed by atoms with Crippen LogP contribution in [0.5, 0.6) is 0 Å². The van der Waals surface area contributed by atoms with Crippen molar-refractivity contribution in [3.63, 3.8) is 0 Å². The molecule has 3 nitrogen and oxygen atoms in total. The smallest absolute Gasteiger partial charge is 0.172 e. The first-order valence-corrected chi connectivity index (χ1v) is 4.28. The minimum Gasteiger partial charge on any atom is -0.294 e. The van der Waals surface area contributed by atoms with Gasteiger partial charge >= 0.3 is 0 Å². The van der Waals surface area contributed by atoms with Crippen LogP contribution in [0.1, 0.15) is 16.8 Å². The fourth-order valence-corrected chi connectivity index (χ4v) is 1.40. The highest BCUT2D eigenvalue weighted by atomic mass is 79.9. The average Bonchev–Trinajstić information content (AvgIpc) is 2.07. The van der Waals surface area contributed by atoms with E-state index in [9.17, 15) is 4.79 Å². The molecule has 1 aromatic heterocycles. The van der Waals surface area contributed by atoms with E-state index in [0.29, 0.717) is 17.8 Å². The van der Waals surface area contributed by atoms with E-state index in [1.54, 1.807) is 18.5 Å². The molecule has 1 aliphatic rings. The molecule has 2 rings (SSSR count). The SMILES string of the molecule is O=C1CC=Nc2ncc(Br)cc21. The van der Waals surface area contributed by atoms with Gasteiger partial charge in [-0.1, -0.05) is 0 Å². The van der Waals surface area contributed by atoms with Crippen molar-refractivity contribution >= 4 is 33.7 Å². The van der Waals surface area contributed by atoms with Crippen molar-refractivity contribution < 1.29 is 4.79 Å². The van der Waals surface area contributed by atoms with Crippen LogP contribution in [0.25, 0.3) is 0 Å². The summed E-state index contributed by atoms with van der Waals surface area (Å²) in [6, 6.07) is 1.75. The summed E-state index contributed by atoms with van der Waals surface area (Å²) in [5.74, 6) is 0.600. The number of hydrogen-bond donors (Lipinski definition) is 0. The monoisotopic (exact) mass is 224 g/mol. The first kappa shape index (κ1) is 7.61. The van der Waals surface area contributed by atoms with Crippen molar-refractivity contribution in [1.82, 2.24) is 4.98 Å². The second kappa shape index (κ2) is 2.79. The van der Waals surface area contributed by atoms with Gasteiger partial charge in [0.2, 0.25) is 0 Å². The Balaban J connectivity index is 2.63. The molecular formula is C8H5BrN2O. The normalized spacial score (nSPS) is 14.6. The van der Waals surface area contributed by atoms with Crippen LogP contribution < -0.4 is 0 Å². The lowest BCUT2D eigenvalue weighted by molar-refractivity contribution is 0.100. The van der Waals surface area contributed by atoms with Crippen LogP contribution >= 0.6 is 15.9 Å². The number of hydrogen-bond acceptors (Lipinski definition) is 3. The van der Waals surface area contributed by atoms with Gasteiger partial charge in [-0.2, -0.15) is 0 Å². The Morgan fingerprint density at radius 2 is 2.33 bits per heavy atom. The minimum absolute atomic E-state index is 0.0776. The summed E-state index contributed by atoms with van der Waals surface area (Å²) < 4.78 is 0.812. The number of rotatable bonds is 0. The number of ketones is 1. The second-order valence-electron chi connectivity index (χ2n) is 2.46. The van der Waals surface area contributed by atoms with E-state index in [4.69, 9.17) is 0 Å². The number of fused-ring (bicyclic) bond motifs is 1. The van der Waals surface area contributed by atoms with E-state index in [2.05, 4.69) is 25.9 Å². The van der Waals surface area contributed by atoms with Gasteiger partial charge in [-0.3, -0.25) is 4.79 Å². The fraction of sp³-hybridized carbons (Fsp3) is 0.125. The maximum atomic E-state index is 11.3. The zero-order chi connectivity index (χ0) is 8.55. The molecule has 2 heterocycles. The summed E-state index contributed by atoms with van der Waals surface area (Å²) in [6.45, 7) is 0. The topological polar surface area (TPSA) is 42.3 Å². The van der Waals surface area contributed by atoms with Crippen molar-refractivity contribution in [3.8, 4) is 0 Å². The van der Waals surface area contributed by atoms with Gasteiger partial charge < -0.3 is 0 Å². The summed E-state index contributed by atoms with van der Waals surface area (Å²) in [7, 11) is 0. The van der Waals surface area contributed by atoms with Crippen molar-refractivity contribution in [2.24, 2.45) is 4.99 Å². The highest BCUT2D eigenvalue weighted by molar-refractivity contribution is 9.10. The van der Waals surface area contributed by atoms with Crippen LogP contribution in [0.4, 0.5) is 5.82 Å². The number of Topliss-reactive ketones (excluding diaryl/α,β-unsaturated/α-hetero) is 1. The average molecular weight is 225 g/mol. The van der Waals surface area contributed by atoms with E-state index in [1.165, 1.54) is 0 Å². The molecular weight excluding hydrogens is 220 g/mol. The lowest BCUT2D eigenvalue weighted by Gasteiger charge is -2.06. The van der Waals surface area contributed by atoms with Gasteiger partial charge in [0.1, 0.15) is 0 Å². The Hall–Kier alpha value is -1.03. The third-order valence-corrected chi connectivity index (χ3v) is 2.06. The largest absolute Gasteiger partial charge is 0.294 e. The maximum absolute atomic E-state index is 11.3. The first-order valence-electron chi connectivity index (χ1n) is 3.48. The van der Waals surface area contributed by atoms with Crippen LogP contribution in [0.15, 0.2) is 21.7 Å². The van der Waals surface area contributed by atoms with E-state index in [-0.39, 0.29) is 5.78 Å². The van der Waals surface area contributed by atoms with E-state index in [0.717, 1.165) is 4.47 Å². The van der Waals surface area contributed by atoms with Crippen LogP contribution in [0, 0.1) is 0 Å². The van der Waals surface area contributed by atoms with Crippen molar-refractivity contribution in [2.75, 3.05) is 0 Å². The molecule has 1 aliphatic heterocycles. The molecule has 0 saturated carbocycles. The summed E-state index contributed by atoms with van der Waals surface area (Å²) >= 11 is 3.25. The van der Waals surface area contributed by atoms with Gasteiger partial charge in [0, 0.05) is 23.3 Å². The van der Waals surface area contributed by atoms with Gasteiger partial charge in [-0.05, 0) is 22.0 Å². The number of carbonyl (C=O) groups is 1. The van der Waals surface area contributed by atoms with Crippen LogP contribution in [0.3, 0.4) is 0 Å². The molecule has 1 aromatic rings. The molecule has 0 aromatic carbocycles. The summed E-state index contributed by atoms with van der Waals surface area (Å²) in [4.78, 5) is 19.3. The van der Waals surface area contributed by atoms with Gasteiger partial charge in [-0.25, -0.2) is 9.98 Å². The number of halogens is 1. The van der Waals surface area contributed by atoms with E-state index >= 15 is 0 Å². The van der Waals surface area contributed by atoms with Crippen molar-refractivity contribution in [2.45, 2.75) is 6.42 Å². The number of nitrogens with zero attached hydrogens (tertiary/aromatic N) is 2. The third-order valence-electron chi connectivity index (χ3n) is 1.62. The summed E-state index contributed by atoms with van der Waals surface area (Å²) in [5.41, 5.74) is 0.604. The number of aliphatic imine (C=N–C) groups is 1. The Bertz CT molecular complexity index is 373. The predicted molar refractivity (Wildman–Crippen MR) is 49.0 cm³/mol. The molecule has 4 heteroatoms. The molecule has 12 heavy (non-hydrogen) atoms. The lowest BCUT2D eigenvalue weighted by Crippen LogP contribution is -2.05. The van der Waals surface area contributed by atoms with Crippen molar-refractivity contribution in [1.29, 1.82) is 0 Å². The Morgan fingerprint density at radius 1 is 1.50 bits per heavy atom. The molecule has 60 valence electrons. The number of pyridine rings is 1. The molecule has 0 aliphatic carbocycles. The van der Waals surface area contributed by atoms with E-state index < -0.39 is 0 Å². The standard InChI is InChI=1S/C8H5BrN2O/c9-5-3-6-7(12)1-2-10-8(6)11-4-5/h2-4H,1H2. The van der Waals surface area contributed by atoms with Crippen LogP contribution in [-0.4, -0.2) is 17.0 Å². The molecule has 0 spiro atoms. The highest BCUT2D eigenvalue weighted by Crippen LogP contribution is 2.23. The number of aromatic nitrogens is 1. The first-order chi connectivity index (χ1) is 5.77. The molecule has 0 unspecified atom stereocenters. The molecule has 0 bridgehead atoms. The summed E-state index contributed by atoms with van der Waals surface area (Å²) in [5, 5.41) is 0. The molecule has 0 saturated heterocycles. The van der Waals surface area contributed by atoms with Gasteiger partial charge in [0.15, 0.2) is 11.6 Å². The van der Waals surface area contributed by atoms with E-state index in [1.807, 2.05) is 0 Å². The number of carbonyl (C=O) groups excluding carboxylic acids is 1. The molecule has 0 fully saturated rings. The predicted octanol–water partition coefficient (Wildman–Crippen LogP) is 2.13. The summed E-state index contributed by atoms with van der Waals surface area (Å²) in [6.07, 6.45) is 3.60. The third kappa shape index (κ3) is 1.18. The van der Waals surface area contributed by atoms with Crippen molar-refractivity contribution in [3.05, 3.63) is 22.3 Å². The highest BCUT2D eigenvalue weighted by Gasteiger charge is 2.14. The molecule has 0 amide bonds. The Kier molecular flexibility index (Phi) is 1.77. The maximum Gasteiger partial charge on any atom is 0.172 e. The lowest BCUT2D eigenvalue weighted by atomic mass is 10.1. The minimum atomic E-state index is 0.0776. The molecule has 0 radical (unpaired) electrons. The zero-order valence-corrected chi connectivity index (χ0v) is 7.71. The Morgan fingerprint density at radius 3 is 3.17 bits per heavy atom. The zero-order valence-electron chi connectivity index (χ0n) is 6.12.